The summed E-state index contributed by atoms with van der Waals surface area (Å²) in [4.78, 5) is 65.5. The van der Waals surface area contributed by atoms with Crippen LogP contribution in [-0.2, 0) is 39.9 Å². The van der Waals surface area contributed by atoms with E-state index in [9.17, 15) is 14.4 Å². The second-order valence-corrected chi connectivity index (χ2v) is 32.0. The first-order valence-corrected chi connectivity index (χ1v) is 39.8. The molecule has 3 fully saturated rings. The fraction of sp³-hybridized carbons (Fsp3) is 0.274. The monoisotopic (exact) mass is 1620 g/mol. The number of aliphatic hydroxyl groups is 1. The molecule has 3 amide bonds. The van der Waals surface area contributed by atoms with Gasteiger partial charge in [-0.15, -0.1) is 0 Å². The zero-order valence-corrected chi connectivity index (χ0v) is 69.4. The first-order chi connectivity index (χ1) is 57.1. The summed E-state index contributed by atoms with van der Waals surface area (Å²) in [6, 6.07) is 71.2. The number of likely N-dealkylation sites (tertiary alicyclic amines) is 3. The summed E-state index contributed by atoms with van der Waals surface area (Å²) in [5.41, 5.74) is 15.7. The number of anilines is 1. The van der Waals surface area contributed by atoms with E-state index in [0.29, 0.717) is 49.4 Å². The second kappa shape index (κ2) is 41.1. The first kappa shape index (κ1) is 86.7. The molecule has 23 nitrogen and oxygen atoms in total. The lowest BCUT2D eigenvalue weighted by Crippen LogP contribution is -2.54. The zero-order chi connectivity index (χ0) is 84.5. The number of benzene rings is 8. The van der Waals surface area contributed by atoms with E-state index < -0.39 is 11.2 Å². The summed E-state index contributed by atoms with van der Waals surface area (Å²) in [5.74, 6) is 7.31. The molecule has 5 aliphatic rings. The molecule has 12 aromatic rings. The summed E-state index contributed by atoms with van der Waals surface area (Å²) in [6.07, 6.45) is 17.1. The average molecular weight is 1630 g/mol. The van der Waals surface area contributed by atoms with Crippen molar-refractivity contribution in [2.45, 2.75) is 124 Å². The van der Waals surface area contributed by atoms with Crippen LogP contribution in [0, 0.1) is 5.92 Å². The topological polar surface area (TPSA) is 274 Å². The van der Waals surface area contributed by atoms with Crippen LogP contribution < -0.4 is 24.7 Å². The van der Waals surface area contributed by atoms with Crippen molar-refractivity contribution in [1.29, 1.82) is 0 Å². The van der Waals surface area contributed by atoms with Crippen LogP contribution in [0.4, 0.5) is 20.1 Å². The molecule has 3 saturated heterocycles. The number of nitrogen functional groups attached to an aromatic ring is 1. The van der Waals surface area contributed by atoms with Gasteiger partial charge < -0.3 is 68.4 Å². The first-order valence-electron chi connectivity index (χ1n) is 39.4. The normalized spacial score (nSPS) is 13.6. The number of hydrogen-bond donors (Lipinski definition) is 3. The molecule has 17 rings (SSSR count). The van der Waals surface area contributed by atoms with Gasteiger partial charge in [0.1, 0.15) is 92.7 Å². The van der Waals surface area contributed by atoms with Crippen LogP contribution in [0.3, 0.4) is 0 Å². The van der Waals surface area contributed by atoms with Crippen molar-refractivity contribution >= 4 is 58.8 Å². The summed E-state index contributed by atoms with van der Waals surface area (Å²) < 4.78 is 40.7. The van der Waals surface area contributed by atoms with Crippen LogP contribution in [0.25, 0.3) is 23.2 Å². The number of amides is 3. The van der Waals surface area contributed by atoms with Gasteiger partial charge in [-0.25, -0.2) is 44.3 Å². The third-order valence-electron chi connectivity index (χ3n) is 18.1. The van der Waals surface area contributed by atoms with Crippen LogP contribution in [-0.4, -0.2) is 140 Å². The van der Waals surface area contributed by atoms with Gasteiger partial charge >= 0.3 is 18.3 Å². The number of rotatable bonds is 13. The number of nitrogens with zero attached hydrogens (tertiary/aromatic N) is 10. The molecule has 24 heteroatoms. The standard InChI is InChI=1S/C27H28N4O3.C20H16N2O.C12H11NO.C12H10O2.C9H17NO2.C8H15NO3.C7H5ClN2/c1-27(2,3)34-26(32)30-16-20(17-30)31-14-13-23-25(31)24(29-18-28-23)15-19-9-11-22(12-10-19)33-21-7-5-4-6-8-21;1-2-5-16(6-3-1)23-17-11-9-15(10-12-17)13-20-18-7-4-8-19(18)21-14-22-20;2*13-10-6-8-12(9-7-10)14-11-4-2-1-3-5-11;1-7-5-10(6-7)8(11)12-9(2,3)4;1-8(2,3)12-7(11)9-4-6(10)5-9;8-7-5-2-1-3-6(5)9-4-10-7/h4-14,18,20H,15-17H2,1-3H3;1-6,8-12,14H,7,13H2;1-9H,13H2;1-9,13H;7H,5-6H2,1-4H3;6,10H,4-5H2,1-3H3;1,3-4H,2H2. The van der Waals surface area contributed by atoms with Gasteiger partial charge in [-0.1, -0.05) is 128 Å². The summed E-state index contributed by atoms with van der Waals surface area (Å²) in [5, 5.41) is 18.6. The minimum Gasteiger partial charge on any atom is -0.508 e. The minimum absolute atomic E-state index is 0.177. The lowest BCUT2D eigenvalue weighted by molar-refractivity contribution is -0.0303. The number of halogens is 1. The fourth-order valence-electron chi connectivity index (χ4n) is 12.3. The molecule has 8 aromatic carbocycles. The number of aromatic nitrogens is 7. The third-order valence-corrected chi connectivity index (χ3v) is 18.5. The van der Waals surface area contributed by atoms with Gasteiger partial charge in [-0.3, -0.25) is 0 Å². The zero-order valence-electron chi connectivity index (χ0n) is 68.7. The Balaban J connectivity index is 0.000000143. The van der Waals surface area contributed by atoms with Crippen molar-refractivity contribution in [1.82, 2.24) is 49.2 Å². The lowest BCUT2D eigenvalue weighted by Gasteiger charge is -2.40. The number of phenols is 1. The Morgan fingerprint density at radius 1 is 0.429 bits per heavy atom. The number of fused-ring (bicyclic) bond motifs is 3. The molecule has 0 bridgehead atoms. The maximum Gasteiger partial charge on any atom is 0.410 e. The van der Waals surface area contributed by atoms with E-state index in [1.165, 1.54) is 22.4 Å². The molecule has 0 radical (unpaired) electrons. The Kier molecular flexibility index (Phi) is 30.0. The Morgan fingerprint density at radius 3 is 1.19 bits per heavy atom. The molecule has 4 N–H and O–H groups in total. The summed E-state index contributed by atoms with van der Waals surface area (Å²) >= 11 is 5.78. The SMILES string of the molecule is C1=Cc2ncnc(Cc3ccc(Oc4ccccc4)cc3)c2C1.CC(C)(C)OC(=O)N1CC(O)C1.CC(C)(C)OC(=O)N1CC(n2ccc3ncnc(Cc4ccc(Oc5ccccc5)cc4)c32)C1.CC1CN(C(=O)OC(C)(C)C)C1.Clc1ncnc2c1CC=C2.Nc1ccc(Oc2ccccc2)cc1.Oc1ccc(Oc2ccccc2)cc1. The number of aliphatic hydroxyl groups excluding tert-OH is 1. The van der Waals surface area contributed by atoms with Crippen LogP contribution in [0.2, 0.25) is 5.15 Å². The van der Waals surface area contributed by atoms with Crippen molar-refractivity contribution in [2.24, 2.45) is 5.92 Å². The molecule has 3 aliphatic heterocycles. The number of para-hydroxylation sites is 4. The van der Waals surface area contributed by atoms with Crippen LogP contribution in [0.1, 0.15) is 120 Å². The van der Waals surface area contributed by atoms with E-state index in [1.54, 1.807) is 46.7 Å². The Labute approximate surface area is 700 Å². The number of carbonyl (C=O) groups excluding carboxylic acids is 3. The summed E-state index contributed by atoms with van der Waals surface area (Å²) in [6.45, 7) is 22.6. The van der Waals surface area contributed by atoms with Crippen molar-refractivity contribution < 1.29 is 57.8 Å². The highest BCUT2D eigenvalue weighted by molar-refractivity contribution is 6.30. The predicted molar refractivity (Wildman–Crippen MR) is 463 cm³/mol. The third kappa shape index (κ3) is 27.5. The fourth-order valence-corrected chi connectivity index (χ4v) is 12.5. The van der Waals surface area contributed by atoms with Crippen molar-refractivity contribution in [3.63, 3.8) is 0 Å². The van der Waals surface area contributed by atoms with Crippen molar-refractivity contribution in [3.8, 4) is 51.7 Å². The van der Waals surface area contributed by atoms with Gasteiger partial charge in [0.05, 0.1) is 59.0 Å². The summed E-state index contributed by atoms with van der Waals surface area (Å²) in [7, 11) is 0. The quantitative estimate of drug-likeness (QED) is 0.0549. The maximum atomic E-state index is 12.3. The molecular weight excluding hydrogens is 1520 g/mol. The number of aromatic hydroxyl groups is 1. The van der Waals surface area contributed by atoms with E-state index in [0.717, 1.165) is 123 Å². The van der Waals surface area contributed by atoms with Gasteiger partial charge in [0.25, 0.3) is 0 Å². The predicted octanol–water partition coefficient (Wildman–Crippen LogP) is 20.5. The van der Waals surface area contributed by atoms with E-state index in [2.05, 4.69) is 77.8 Å². The Bertz CT molecular complexity index is 5160. The van der Waals surface area contributed by atoms with Crippen LogP contribution >= 0.6 is 11.6 Å². The van der Waals surface area contributed by atoms with Gasteiger partial charge in [0, 0.05) is 62.0 Å². The number of ether oxygens (including phenoxy) is 7. The molecule has 0 saturated carbocycles. The molecular formula is C95H102ClN11O12. The van der Waals surface area contributed by atoms with E-state index >= 15 is 0 Å². The minimum atomic E-state index is -0.495. The molecule has 0 atom stereocenters. The van der Waals surface area contributed by atoms with Crippen LogP contribution in [0.5, 0.6) is 51.7 Å². The number of phenolic OH excluding ortho intramolecular Hbond substituents is 1. The molecule has 0 spiro atoms. The number of hydrogen-bond acceptors (Lipinski definition) is 19. The van der Waals surface area contributed by atoms with Gasteiger partial charge in [-0.2, -0.15) is 0 Å². The molecule has 119 heavy (non-hydrogen) atoms. The highest BCUT2D eigenvalue weighted by atomic mass is 35.5. The molecule has 0 unspecified atom stereocenters. The van der Waals surface area contributed by atoms with E-state index in [1.807, 2.05) is 257 Å². The molecule has 7 heterocycles. The second-order valence-electron chi connectivity index (χ2n) is 31.6. The molecule has 2 aliphatic carbocycles. The highest BCUT2D eigenvalue weighted by Gasteiger charge is 2.36. The number of allylic oxidation sites excluding steroid dienone is 2. The lowest BCUT2D eigenvalue weighted by atomic mass is 10.0. The van der Waals surface area contributed by atoms with Crippen molar-refractivity contribution in [3.05, 3.63) is 312 Å². The van der Waals surface area contributed by atoms with Crippen molar-refractivity contribution in [2.75, 3.05) is 45.0 Å². The van der Waals surface area contributed by atoms with Gasteiger partial charge in [0.2, 0.25) is 0 Å². The smallest absolute Gasteiger partial charge is 0.410 e. The van der Waals surface area contributed by atoms with E-state index in [-0.39, 0.29) is 41.8 Å². The van der Waals surface area contributed by atoms with Gasteiger partial charge in [0.15, 0.2) is 0 Å². The van der Waals surface area contributed by atoms with E-state index in [4.69, 9.17) is 60.7 Å². The van der Waals surface area contributed by atoms with Crippen LogP contribution in [0.15, 0.2) is 262 Å². The number of carbonyl (C=O) groups is 3. The largest absolute Gasteiger partial charge is 0.508 e. The maximum absolute atomic E-state index is 12.3. The molecule has 616 valence electrons. The average Bonchev–Trinajstić information content (AvgIpc) is 1.64. The highest BCUT2D eigenvalue weighted by Crippen LogP contribution is 2.33. The number of β-amino-alcohol motifs (C(OH)–C–C–N with tert-alkyl or cyclic N) is 1. The molecule has 4 aromatic heterocycles. The number of nitrogens with two attached hydrogens (primary N) is 1. The van der Waals surface area contributed by atoms with Gasteiger partial charge in [-0.05, 0) is 232 Å². The Hall–Kier alpha value is -13.1. The Morgan fingerprint density at radius 2 is 0.782 bits per heavy atom.